The second kappa shape index (κ2) is 44.0. The van der Waals surface area contributed by atoms with Crippen molar-refractivity contribution in [2.24, 2.45) is 0 Å². The molecule has 0 saturated carbocycles. The van der Waals surface area contributed by atoms with E-state index in [9.17, 15) is 15.0 Å². The van der Waals surface area contributed by atoms with Crippen LogP contribution in [0.1, 0.15) is 245 Å². The second-order valence-corrected chi connectivity index (χ2v) is 15.8. The summed E-state index contributed by atoms with van der Waals surface area (Å²) in [4.78, 5) is 12.4. The number of allylic oxidation sites excluding steroid dienone is 5. The molecular weight excluding hydrogens is 639 g/mol. The van der Waals surface area contributed by atoms with E-state index in [0.717, 1.165) is 44.9 Å². The monoisotopic (exact) mass is 730 g/mol. The van der Waals surface area contributed by atoms with E-state index in [1.165, 1.54) is 180 Å². The van der Waals surface area contributed by atoms with Gasteiger partial charge in [-0.2, -0.15) is 0 Å². The average Bonchev–Trinajstić information content (AvgIpc) is 3.15. The van der Waals surface area contributed by atoms with E-state index in [1.54, 1.807) is 6.08 Å². The maximum atomic E-state index is 12.4. The van der Waals surface area contributed by atoms with Crippen LogP contribution in [0.4, 0.5) is 0 Å². The van der Waals surface area contributed by atoms with Gasteiger partial charge in [0.15, 0.2) is 0 Å². The minimum atomic E-state index is -0.864. The zero-order chi connectivity index (χ0) is 37.8. The summed E-state index contributed by atoms with van der Waals surface area (Å²) in [5, 5.41) is 23.0. The molecule has 3 N–H and O–H groups in total. The van der Waals surface area contributed by atoms with Gasteiger partial charge in [0.2, 0.25) is 5.91 Å². The van der Waals surface area contributed by atoms with Crippen molar-refractivity contribution < 1.29 is 15.0 Å². The van der Waals surface area contributed by atoms with Crippen LogP contribution in [0.15, 0.2) is 36.5 Å². The highest BCUT2D eigenvalue weighted by molar-refractivity contribution is 5.76. The number of rotatable bonds is 42. The average molecular weight is 730 g/mol. The molecule has 0 fully saturated rings. The molecular formula is C48H91NO3. The second-order valence-electron chi connectivity index (χ2n) is 15.8. The Labute approximate surface area is 325 Å². The number of carbonyl (C=O) groups is 1. The Balaban J connectivity index is 3.57. The highest BCUT2D eigenvalue weighted by Gasteiger charge is 2.17. The molecule has 52 heavy (non-hydrogen) atoms. The molecule has 0 aromatic heterocycles. The Hall–Kier alpha value is -1.39. The number of hydrogen-bond acceptors (Lipinski definition) is 3. The molecule has 2 unspecified atom stereocenters. The van der Waals surface area contributed by atoms with Crippen LogP contribution in [0.3, 0.4) is 0 Å². The van der Waals surface area contributed by atoms with Crippen molar-refractivity contribution in [3.05, 3.63) is 36.5 Å². The molecule has 0 aliphatic rings. The largest absolute Gasteiger partial charge is 0.394 e. The van der Waals surface area contributed by atoms with Crippen LogP contribution < -0.4 is 5.32 Å². The van der Waals surface area contributed by atoms with Crippen LogP contribution in [0, 0.1) is 0 Å². The molecule has 0 saturated heterocycles. The number of amides is 1. The zero-order valence-electron chi connectivity index (χ0n) is 35.1. The first-order valence-electron chi connectivity index (χ1n) is 23.2. The Bertz CT molecular complexity index is 790. The van der Waals surface area contributed by atoms with E-state index in [-0.39, 0.29) is 12.5 Å². The van der Waals surface area contributed by atoms with E-state index in [4.69, 9.17) is 0 Å². The van der Waals surface area contributed by atoms with Gasteiger partial charge in [0.05, 0.1) is 18.8 Å². The van der Waals surface area contributed by atoms with Crippen molar-refractivity contribution in [3.63, 3.8) is 0 Å². The SMILES string of the molecule is CCCCCCCC/C=C\CCCCCCCC(=O)NC(CO)C(O)/C=C/CC/C=C/CCCCCCCCCCCCCCCCCCCCC. The summed E-state index contributed by atoms with van der Waals surface area (Å²) in [5.74, 6) is -0.0816. The number of nitrogens with one attached hydrogen (secondary N) is 1. The number of unbranched alkanes of at least 4 members (excludes halogenated alkanes) is 31. The van der Waals surface area contributed by atoms with Gasteiger partial charge in [-0.1, -0.05) is 217 Å². The molecule has 0 radical (unpaired) electrons. The van der Waals surface area contributed by atoms with Crippen molar-refractivity contribution in [2.75, 3.05) is 6.61 Å². The van der Waals surface area contributed by atoms with Crippen molar-refractivity contribution >= 4 is 5.91 Å². The maximum absolute atomic E-state index is 12.4. The highest BCUT2D eigenvalue weighted by atomic mass is 16.3. The smallest absolute Gasteiger partial charge is 0.220 e. The predicted octanol–water partition coefficient (Wildman–Crippen LogP) is 14.6. The van der Waals surface area contributed by atoms with Gasteiger partial charge in [-0.25, -0.2) is 0 Å². The molecule has 2 atom stereocenters. The van der Waals surface area contributed by atoms with E-state index in [1.807, 2.05) is 6.08 Å². The third kappa shape index (κ3) is 39.8. The summed E-state index contributed by atoms with van der Waals surface area (Å²) < 4.78 is 0. The quantitative estimate of drug-likeness (QED) is 0.0433. The summed E-state index contributed by atoms with van der Waals surface area (Å²) in [6.45, 7) is 4.30. The fraction of sp³-hybridized carbons (Fsp3) is 0.854. The first-order chi connectivity index (χ1) is 25.7. The van der Waals surface area contributed by atoms with Gasteiger partial charge in [-0.3, -0.25) is 4.79 Å². The van der Waals surface area contributed by atoms with Crippen LogP contribution in [0.2, 0.25) is 0 Å². The van der Waals surface area contributed by atoms with Crippen LogP contribution in [0.25, 0.3) is 0 Å². The third-order valence-corrected chi connectivity index (χ3v) is 10.6. The van der Waals surface area contributed by atoms with E-state index in [2.05, 4.69) is 43.5 Å². The summed E-state index contributed by atoms with van der Waals surface area (Å²) in [7, 11) is 0. The number of hydrogen-bond donors (Lipinski definition) is 3. The molecule has 0 rings (SSSR count). The van der Waals surface area contributed by atoms with Crippen LogP contribution in [0.5, 0.6) is 0 Å². The van der Waals surface area contributed by atoms with Crippen LogP contribution >= 0.6 is 0 Å². The lowest BCUT2D eigenvalue weighted by molar-refractivity contribution is -0.123. The fourth-order valence-corrected chi connectivity index (χ4v) is 7.01. The van der Waals surface area contributed by atoms with Crippen molar-refractivity contribution in [1.82, 2.24) is 5.32 Å². The molecule has 0 aliphatic carbocycles. The molecule has 1 amide bonds. The van der Waals surface area contributed by atoms with Crippen molar-refractivity contribution in [2.45, 2.75) is 257 Å². The number of carbonyl (C=O) groups excluding carboxylic acids is 1. The molecule has 0 spiro atoms. The highest BCUT2D eigenvalue weighted by Crippen LogP contribution is 2.15. The summed E-state index contributed by atoms with van der Waals surface area (Å²) >= 11 is 0. The van der Waals surface area contributed by atoms with Crippen LogP contribution in [-0.2, 0) is 4.79 Å². The van der Waals surface area contributed by atoms with Crippen LogP contribution in [-0.4, -0.2) is 34.9 Å². The normalized spacial score (nSPS) is 13.2. The van der Waals surface area contributed by atoms with E-state index < -0.39 is 12.1 Å². The standard InChI is InChI=1S/C48H91NO3/c1-3-5-7-9-11-13-15-17-19-20-21-22-23-24-25-26-27-28-30-31-33-35-37-39-41-43-47(51)46(45-50)49-48(52)44-42-40-38-36-34-32-29-18-16-14-12-10-8-6-4-2/h18,29,33,35,41,43,46-47,50-51H,3-17,19-28,30-32,34,36-40,42,44-45H2,1-2H3,(H,49,52)/b29-18-,35-33+,43-41+. The van der Waals surface area contributed by atoms with Gasteiger partial charge in [-0.05, 0) is 57.8 Å². The lowest BCUT2D eigenvalue weighted by atomic mass is 10.0. The van der Waals surface area contributed by atoms with Crippen molar-refractivity contribution in [3.8, 4) is 0 Å². The molecule has 0 heterocycles. The van der Waals surface area contributed by atoms with E-state index >= 15 is 0 Å². The molecule has 0 aromatic carbocycles. The minimum absolute atomic E-state index is 0.0816. The molecule has 0 aromatic rings. The molecule has 306 valence electrons. The Kier molecular flexibility index (Phi) is 42.8. The van der Waals surface area contributed by atoms with Gasteiger partial charge < -0.3 is 15.5 Å². The predicted molar refractivity (Wildman–Crippen MR) is 230 cm³/mol. The lowest BCUT2D eigenvalue weighted by Crippen LogP contribution is -2.45. The fourth-order valence-electron chi connectivity index (χ4n) is 7.01. The minimum Gasteiger partial charge on any atom is -0.394 e. The van der Waals surface area contributed by atoms with Gasteiger partial charge >= 0.3 is 0 Å². The van der Waals surface area contributed by atoms with Gasteiger partial charge in [0.25, 0.3) is 0 Å². The Morgan fingerprint density at radius 1 is 0.442 bits per heavy atom. The molecule has 4 heteroatoms. The first-order valence-corrected chi connectivity index (χ1v) is 23.2. The first kappa shape index (κ1) is 50.6. The summed E-state index contributed by atoms with van der Waals surface area (Å²) in [5.41, 5.74) is 0. The molecule has 4 nitrogen and oxygen atoms in total. The van der Waals surface area contributed by atoms with E-state index in [0.29, 0.717) is 6.42 Å². The Morgan fingerprint density at radius 3 is 1.12 bits per heavy atom. The third-order valence-electron chi connectivity index (χ3n) is 10.6. The Morgan fingerprint density at radius 2 is 0.750 bits per heavy atom. The number of aliphatic hydroxyl groups is 2. The maximum Gasteiger partial charge on any atom is 0.220 e. The summed E-state index contributed by atoms with van der Waals surface area (Å²) in [6.07, 6.45) is 58.4. The summed E-state index contributed by atoms with van der Waals surface area (Å²) in [6, 6.07) is -0.642. The molecule has 0 bridgehead atoms. The number of aliphatic hydroxyl groups excluding tert-OH is 2. The lowest BCUT2D eigenvalue weighted by Gasteiger charge is -2.19. The topological polar surface area (TPSA) is 69.6 Å². The van der Waals surface area contributed by atoms with Gasteiger partial charge in [0.1, 0.15) is 0 Å². The molecule has 0 aliphatic heterocycles. The zero-order valence-corrected chi connectivity index (χ0v) is 35.1. The van der Waals surface area contributed by atoms with Crippen molar-refractivity contribution in [1.29, 1.82) is 0 Å². The van der Waals surface area contributed by atoms with Gasteiger partial charge in [-0.15, -0.1) is 0 Å². The van der Waals surface area contributed by atoms with Gasteiger partial charge in [0, 0.05) is 6.42 Å².